The quantitative estimate of drug-likeness (QED) is 0.484. The van der Waals surface area contributed by atoms with E-state index < -0.39 is 0 Å². The molecule has 0 unspecified atom stereocenters. The van der Waals surface area contributed by atoms with Crippen LogP contribution in [0.2, 0.25) is 0 Å². The van der Waals surface area contributed by atoms with E-state index >= 15 is 0 Å². The summed E-state index contributed by atoms with van der Waals surface area (Å²) in [5.41, 5.74) is 3.77. The second-order valence-corrected chi connectivity index (χ2v) is 7.02. The van der Waals surface area contributed by atoms with E-state index in [1.807, 2.05) is 66.7 Å². The number of imidazole rings is 1. The lowest BCUT2D eigenvalue weighted by atomic mass is 10.2. The Morgan fingerprint density at radius 1 is 1.03 bits per heavy atom. The van der Waals surface area contributed by atoms with Crippen LogP contribution in [0.5, 0.6) is 5.75 Å². The van der Waals surface area contributed by atoms with Crippen LogP contribution in [0.15, 0.2) is 72.9 Å². The molecule has 1 N–H and O–H groups in total. The Bertz CT molecular complexity index is 1120. The molecular formula is C24H24N4O2. The number of carbonyl (C=O) groups is 1. The van der Waals surface area contributed by atoms with Crippen molar-refractivity contribution in [1.82, 2.24) is 19.9 Å². The van der Waals surface area contributed by atoms with Gasteiger partial charge < -0.3 is 10.1 Å². The third-order valence-corrected chi connectivity index (χ3v) is 4.95. The van der Waals surface area contributed by atoms with Crippen molar-refractivity contribution in [3.05, 3.63) is 84.3 Å². The van der Waals surface area contributed by atoms with Crippen molar-refractivity contribution >= 4 is 17.1 Å². The number of amides is 1. The van der Waals surface area contributed by atoms with Gasteiger partial charge in [0.05, 0.1) is 7.11 Å². The Kier molecular flexibility index (Phi) is 6.03. The lowest BCUT2D eigenvalue weighted by Gasteiger charge is -2.09. The standard InChI is InChI=1S/C24H24N4O2/c1-30-20-14-12-18(13-15-20)17-26-23(29)11-5-10-22-27-21-9-6-16-25-24(21)28(22)19-7-3-2-4-8-19/h2-4,6-9,12-16H,5,10-11,17H2,1H3,(H,26,29). The molecule has 0 spiro atoms. The summed E-state index contributed by atoms with van der Waals surface area (Å²) < 4.78 is 7.23. The number of nitrogens with zero attached hydrogens (tertiary/aromatic N) is 3. The van der Waals surface area contributed by atoms with Crippen LogP contribution >= 0.6 is 0 Å². The number of hydrogen-bond donors (Lipinski definition) is 1. The SMILES string of the molecule is COc1ccc(CNC(=O)CCCc2nc3cccnc3n2-c2ccccc2)cc1. The minimum absolute atomic E-state index is 0.0336. The largest absolute Gasteiger partial charge is 0.497 e. The van der Waals surface area contributed by atoms with Gasteiger partial charge in [0.15, 0.2) is 5.65 Å². The number of aromatic nitrogens is 3. The number of pyridine rings is 1. The van der Waals surface area contributed by atoms with Gasteiger partial charge in [-0.25, -0.2) is 9.97 Å². The van der Waals surface area contributed by atoms with Gasteiger partial charge in [-0.1, -0.05) is 30.3 Å². The Morgan fingerprint density at radius 3 is 2.60 bits per heavy atom. The van der Waals surface area contributed by atoms with Gasteiger partial charge in [-0.2, -0.15) is 0 Å². The molecule has 0 aliphatic carbocycles. The van der Waals surface area contributed by atoms with E-state index in [1.54, 1.807) is 13.3 Å². The summed E-state index contributed by atoms with van der Waals surface area (Å²) in [5.74, 6) is 1.75. The third-order valence-electron chi connectivity index (χ3n) is 4.95. The molecule has 2 aromatic carbocycles. The number of para-hydroxylation sites is 1. The molecule has 30 heavy (non-hydrogen) atoms. The Morgan fingerprint density at radius 2 is 1.83 bits per heavy atom. The van der Waals surface area contributed by atoms with Crippen molar-refractivity contribution < 1.29 is 9.53 Å². The van der Waals surface area contributed by atoms with E-state index in [4.69, 9.17) is 9.72 Å². The van der Waals surface area contributed by atoms with Crippen molar-refractivity contribution in [2.75, 3.05) is 7.11 Å². The third kappa shape index (κ3) is 4.49. The van der Waals surface area contributed by atoms with Crippen LogP contribution < -0.4 is 10.1 Å². The number of ether oxygens (including phenoxy) is 1. The normalized spacial score (nSPS) is 10.8. The Hall–Kier alpha value is -3.67. The second-order valence-electron chi connectivity index (χ2n) is 7.02. The van der Waals surface area contributed by atoms with Gasteiger partial charge in [-0.3, -0.25) is 9.36 Å². The zero-order valence-corrected chi connectivity index (χ0v) is 16.9. The highest BCUT2D eigenvalue weighted by molar-refractivity contribution is 5.76. The van der Waals surface area contributed by atoms with E-state index in [1.165, 1.54) is 0 Å². The maximum atomic E-state index is 12.3. The zero-order chi connectivity index (χ0) is 20.8. The van der Waals surface area contributed by atoms with Gasteiger partial charge in [0, 0.05) is 31.3 Å². The van der Waals surface area contributed by atoms with E-state index in [2.05, 4.69) is 14.9 Å². The smallest absolute Gasteiger partial charge is 0.220 e. The summed E-state index contributed by atoms with van der Waals surface area (Å²) in [6, 6.07) is 21.6. The molecule has 2 aromatic heterocycles. The molecular weight excluding hydrogens is 376 g/mol. The molecule has 0 radical (unpaired) electrons. The van der Waals surface area contributed by atoms with Crippen molar-refractivity contribution in [2.45, 2.75) is 25.8 Å². The lowest BCUT2D eigenvalue weighted by molar-refractivity contribution is -0.121. The van der Waals surface area contributed by atoms with Gasteiger partial charge in [0.2, 0.25) is 5.91 Å². The molecule has 0 aliphatic rings. The van der Waals surface area contributed by atoms with Crippen LogP contribution in [-0.4, -0.2) is 27.6 Å². The van der Waals surface area contributed by atoms with Crippen molar-refractivity contribution in [3.63, 3.8) is 0 Å². The first-order chi connectivity index (χ1) is 14.7. The fraction of sp³-hybridized carbons (Fsp3) is 0.208. The molecule has 0 saturated heterocycles. The van der Waals surface area contributed by atoms with E-state index in [0.717, 1.165) is 34.0 Å². The molecule has 0 aliphatic heterocycles. The van der Waals surface area contributed by atoms with Gasteiger partial charge in [-0.05, 0) is 48.4 Å². The lowest BCUT2D eigenvalue weighted by Crippen LogP contribution is -2.22. The molecule has 0 bridgehead atoms. The number of carbonyl (C=O) groups excluding carboxylic acids is 1. The summed E-state index contributed by atoms with van der Waals surface area (Å²) in [6.07, 6.45) is 3.63. The fourth-order valence-electron chi connectivity index (χ4n) is 3.41. The summed E-state index contributed by atoms with van der Waals surface area (Å²) >= 11 is 0. The second kappa shape index (κ2) is 9.22. The summed E-state index contributed by atoms with van der Waals surface area (Å²) in [5, 5.41) is 2.98. The first-order valence-corrected chi connectivity index (χ1v) is 10.0. The minimum Gasteiger partial charge on any atom is -0.497 e. The van der Waals surface area contributed by atoms with Crippen LogP contribution in [-0.2, 0) is 17.8 Å². The molecule has 0 fully saturated rings. The predicted molar refractivity (Wildman–Crippen MR) is 117 cm³/mol. The van der Waals surface area contributed by atoms with Crippen LogP contribution in [0.4, 0.5) is 0 Å². The first-order valence-electron chi connectivity index (χ1n) is 10.0. The molecule has 2 heterocycles. The predicted octanol–water partition coefficient (Wildman–Crippen LogP) is 4.07. The molecule has 0 atom stereocenters. The minimum atomic E-state index is 0.0336. The molecule has 4 aromatic rings. The number of rotatable bonds is 8. The number of hydrogen-bond acceptors (Lipinski definition) is 4. The van der Waals surface area contributed by atoms with Crippen molar-refractivity contribution in [3.8, 4) is 11.4 Å². The number of benzene rings is 2. The van der Waals surface area contributed by atoms with Crippen molar-refractivity contribution in [1.29, 1.82) is 0 Å². The summed E-state index contributed by atoms with van der Waals surface area (Å²) in [4.78, 5) is 21.5. The van der Waals surface area contributed by atoms with E-state index in [9.17, 15) is 4.79 Å². The Balaban J connectivity index is 1.38. The van der Waals surface area contributed by atoms with Crippen LogP contribution in [0, 0.1) is 0 Å². The van der Waals surface area contributed by atoms with Gasteiger partial charge >= 0.3 is 0 Å². The number of nitrogens with one attached hydrogen (secondary N) is 1. The topological polar surface area (TPSA) is 69.0 Å². The van der Waals surface area contributed by atoms with Crippen LogP contribution in [0.1, 0.15) is 24.2 Å². The number of methoxy groups -OCH3 is 1. The molecule has 0 saturated carbocycles. The summed E-state index contributed by atoms with van der Waals surface area (Å²) in [6.45, 7) is 0.509. The van der Waals surface area contributed by atoms with E-state index in [-0.39, 0.29) is 5.91 Å². The van der Waals surface area contributed by atoms with Gasteiger partial charge in [0.1, 0.15) is 17.1 Å². The number of aryl methyl sites for hydroxylation is 1. The molecule has 6 nitrogen and oxygen atoms in total. The van der Waals surface area contributed by atoms with Gasteiger partial charge in [0.25, 0.3) is 0 Å². The zero-order valence-electron chi connectivity index (χ0n) is 16.9. The average molecular weight is 400 g/mol. The van der Waals surface area contributed by atoms with Crippen LogP contribution in [0.3, 0.4) is 0 Å². The molecule has 4 rings (SSSR count). The van der Waals surface area contributed by atoms with Crippen molar-refractivity contribution in [2.24, 2.45) is 0 Å². The first kappa shape index (κ1) is 19.6. The maximum absolute atomic E-state index is 12.3. The highest BCUT2D eigenvalue weighted by Crippen LogP contribution is 2.21. The number of fused-ring (bicyclic) bond motifs is 1. The highest BCUT2D eigenvalue weighted by atomic mass is 16.5. The fourth-order valence-corrected chi connectivity index (χ4v) is 3.41. The van der Waals surface area contributed by atoms with Gasteiger partial charge in [-0.15, -0.1) is 0 Å². The monoisotopic (exact) mass is 400 g/mol. The molecule has 6 heteroatoms. The van der Waals surface area contributed by atoms with E-state index in [0.29, 0.717) is 25.8 Å². The Labute approximate surface area is 175 Å². The maximum Gasteiger partial charge on any atom is 0.220 e. The summed E-state index contributed by atoms with van der Waals surface area (Å²) in [7, 11) is 1.64. The van der Waals surface area contributed by atoms with Crippen LogP contribution in [0.25, 0.3) is 16.9 Å². The molecule has 1 amide bonds. The molecule has 152 valence electrons. The average Bonchev–Trinajstić information content (AvgIpc) is 3.17. The highest BCUT2D eigenvalue weighted by Gasteiger charge is 2.13.